The van der Waals surface area contributed by atoms with Gasteiger partial charge in [-0.25, -0.2) is 9.59 Å². The van der Waals surface area contributed by atoms with Gasteiger partial charge in [-0.15, -0.1) is 0 Å². The molecule has 0 bridgehead atoms. The predicted octanol–water partition coefficient (Wildman–Crippen LogP) is -0.123. The number of hydroxylamine groups is 2. The Morgan fingerprint density at radius 3 is 1.73 bits per heavy atom. The van der Waals surface area contributed by atoms with Gasteiger partial charge in [0.15, 0.2) is 12.3 Å². The third-order valence-corrected chi connectivity index (χ3v) is 3.46. The van der Waals surface area contributed by atoms with Crippen molar-refractivity contribution in [2.45, 2.75) is 19.3 Å². The molecule has 4 amide bonds. The zero-order valence-electron chi connectivity index (χ0n) is 13.2. The minimum absolute atomic E-state index is 0.0396. The third kappa shape index (κ3) is 2.58. The van der Waals surface area contributed by atoms with Crippen LogP contribution in [0.5, 0.6) is 0 Å². The standard InChI is InChI=1S/C12H22N4O6/c1-5-22-16-10-9(14(7-20-3)12(16)18)13(6-19-2)11(17)15(10)8-21-4/h9-10H,5-8H2,1-4H3. The van der Waals surface area contributed by atoms with Crippen LogP contribution in [0.2, 0.25) is 0 Å². The Labute approximate surface area is 129 Å². The molecule has 2 atom stereocenters. The van der Waals surface area contributed by atoms with E-state index in [0.29, 0.717) is 6.61 Å². The summed E-state index contributed by atoms with van der Waals surface area (Å²) in [4.78, 5) is 34.8. The molecule has 0 N–H and O–H groups in total. The van der Waals surface area contributed by atoms with E-state index in [9.17, 15) is 9.59 Å². The second-order valence-corrected chi connectivity index (χ2v) is 4.80. The Morgan fingerprint density at radius 1 is 0.818 bits per heavy atom. The maximum atomic E-state index is 12.5. The summed E-state index contributed by atoms with van der Waals surface area (Å²) in [6.45, 7) is 2.20. The van der Waals surface area contributed by atoms with Crippen molar-refractivity contribution < 1.29 is 28.6 Å². The Kier molecular flexibility index (Phi) is 5.40. The molecule has 0 spiro atoms. The van der Waals surface area contributed by atoms with Crippen molar-refractivity contribution in [3.8, 4) is 0 Å². The van der Waals surface area contributed by atoms with Crippen molar-refractivity contribution in [3.63, 3.8) is 0 Å². The predicted molar refractivity (Wildman–Crippen MR) is 73.0 cm³/mol. The molecule has 2 saturated heterocycles. The van der Waals surface area contributed by atoms with Crippen molar-refractivity contribution in [1.29, 1.82) is 0 Å². The number of urea groups is 2. The van der Waals surface area contributed by atoms with Gasteiger partial charge in [-0.2, -0.15) is 5.06 Å². The van der Waals surface area contributed by atoms with Gasteiger partial charge in [0, 0.05) is 21.3 Å². The number of carbonyl (C=O) groups is 2. The quantitative estimate of drug-likeness (QED) is 0.620. The number of carbonyl (C=O) groups excluding carboxylic acids is 2. The van der Waals surface area contributed by atoms with Crippen LogP contribution in [-0.4, -0.2) is 92.3 Å². The minimum Gasteiger partial charge on any atom is -0.364 e. The smallest absolute Gasteiger partial charge is 0.349 e. The van der Waals surface area contributed by atoms with E-state index in [2.05, 4.69) is 0 Å². The first kappa shape index (κ1) is 16.7. The molecule has 2 heterocycles. The number of nitrogens with zero attached hydrogens (tertiary/aromatic N) is 4. The van der Waals surface area contributed by atoms with Crippen molar-refractivity contribution >= 4 is 12.1 Å². The Hall–Kier alpha value is -1.62. The van der Waals surface area contributed by atoms with Crippen LogP contribution < -0.4 is 0 Å². The van der Waals surface area contributed by atoms with Crippen molar-refractivity contribution in [2.24, 2.45) is 0 Å². The van der Waals surface area contributed by atoms with Crippen LogP contribution in [-0.2, 0) is 19.0 Å². The molecule has 0 radical (unpaired) electrons. The van der Waals surface area contributed by atoms with Crippen molar-refractivity contribution in [1.82, 2.24) is 19.8 Å². The molecular formula is C12H22N4O6. The van der Waals surface area contributed by atoms with E-state index in [1.807, 2.05) is 0 Å². The maximum absolute atomic E-state index is 12.5. The van der Waals surface area contributed by atoms with Gasteiger partial charge in [0.2, 0.25) is 0 Å². The van der Waals surface area contributed by atoms with Gasteiger partial charge in [0.05, 0.1) is 6.61 Å². The molecule has 0 aromatic heterocycles. The topological polar surface area (TPSA) is 84.0 Å². The summed E-state index contributed by atoms with van der Waals surface area (Å²) in [5, 5.41) is 1.19. The minimum atomic E-state index is -0.620. The van der Waals surface area contributed by atoms with E-state index >= 15 is 0 Å². The van der Waals surface area contributed by atoms with Gasteiger partial charge >= 0.3 is 12.1 Å². The largest absolute Gasteiger partial charge is 0.364 e. The fraction of sp³-hybridized carbons (Fsp3) is 0.833. The van der Waals surface area contributed by atoms with Gasteiger partial charge in [-0.1, -0.05) is 0 Å². The fourth-order valence-corrected chi connectivity index (χ4v) is 2.73. The van der Waals surface area contributed by atoms with Crippen molar-refractivity contribution in [3.05, 3.63) is 0 Å². The number of hydrogen-bond acceptors (Lipinski definition) is 6. The molecule has 10 nitrogen and oxygen atoms in total. The number of rotatable bonds is 8. The second kappa shape index (κ2) is 7.09. The van der Waals surface area contributed by atoms with E-state index in [4.69, 9.17) is 19.0 Å². The summed E-state index contributed by atoms with van der Waals surface area (Å²) in [5.41, 5.74) is 0. The molecule has 0 saturated carbocycles. The summed E-state index contributed by atoms with van der Waals surface area (Å²) >= 11 is 0. The van der Waals surface area contributed by atoms with Crippen LogP contribution in [0.25, 0.3) is 0 Å². The van der Waals surface area contributed by atoms with E-state index in [-0.39, 0.29) is 32.3 Å². The lowest BCUT2D eigenvalue weighted by molar-refractivity contribution is -0.160. The van der Waals surface area contributed by atoms with Crippen LogP contribution >= 0.6 is 0 Å². The Balaban J connectivity index is 2.36. The van der Waals surface area contributed by atoms with Crippen LogP contribution in [0.4, 0.5) is 9.59 Å². The molecule has 10 heteroatoms. The third-order valence-electron chi connectivity index (χ3n) is 3.46. The molecule has 0 aromatic carbocycles. The summed E-state index contributed by atoms with van der Waals surface area (Å²) < 4.78 is 15.3. The van der Waals surface area contributed by atoms with E-state index in [1.54, 1.807) is 6.92 Å². The average Bonchev–Trinajstić information content (AvgIpc) is 2.90. The number of hydrogen-bond donors (Lipinski definition) is 0. The summed E-state index contributed by atoms with van der Waals surface area (Å²) in [6, 6.07) is -0.662. The maximum Gasteiger partial charge on any atom is 0.349 e. The summed E-state index contributed by atoms with van der Waals surface area (Å²) in [7, 11) is 4.45. The van der Waals surface area contributed by atoms with Crippen molar-refractivity contribution in [2.75, 3.05) is 48.1 Å². The van der Waals surface area contributed by atoms with Crippen LogP contribution in [0.3, 0.4) is 0 Å². The van der Waals surface area contributed by atoms with Gasteiger partial charge in [-0.05, 0) is 6.92 Å². The fourth-order valence-electron chi connectivity index (χ4n) is 2.73. The number of ether oxygens (including phenoxy) is 3. The van der Waals surface area contributed by atoms with Crippen LogP contribution in [0.15, 0.2) is 0 Å². The van der Waals surface area contributed by atoms with Crippen LogP contribution in [0, 0.1) is 0 Å². The molecular weight excluding hydrogens is 296 g/mol. The zero-order chi connectivity index (χ0) is 16.3. The van der Waals surface area contributed by atoms with E-state index in [1.165, 1.54) is 41.1 Å². The SMILES string of the molecule is CCON1C(=O)N(COC)C2C1N(COC)C(=O)N2COC. The first-order valence-electron chi connectivity index (χ1n) is 6.89. The molecule has 2 aliphatic rings. The monoisotopic (exact) mass is 318 g/mol. The summed E-state index contributed by atoms with van der Waals surface area (Å²) in [5.74, 6) is 0. The molecule has 2 fully saturated rings. The van der Waals surface area contributed by atoms with Gasteiger partial charge in [0.25, 0.3) is 0 Å². The highest BCUT2D eigenvalue weighted by atomic mass is 16.7. The Bertz CT molecular complexity index is 352. The molecule has 2 rings (SSSR count). The molecule has 126 valence electrons. The lowest BCUT2D eigenvalue weighted by Gasteiger charge is -2.28. The van der Waals surface area contributed by atoms with Gasteiger partial charge in [-0.3, -0.25) is 19.5 Å². The number of fused-ring (bicyclic) bond motifs is 1. The van der Waals surface area contributed by atoms with Gasteiger partial charge < -0.3 is 14.2 Å². The molecule has 22 heavy (non-hydrogen) atoms. The highest BCUT2D eigenvalue weighted by molar-refractivity contribution is 5.84. The first-order valence-corrected chi connectivity index (χ1v) is 6.89. The highest BCUT2D eigenvalue weighted by Gasteiger charge is 2.60. The number of amides is 4. The molecule has 2 aliphatic heterocycles. The lowest BCUT2D eigenvalue weighted by atomic mass is 10.4. The molecule has 2 unspecified atom stereocenters. The highest BCUT2D eigenvalue weighted by Crippen LogP contribution is 2.34. The van der Waals surface area contributed by atoms with Gasteiger partial charge in [0.1, 0.15) is 20.2 Å². The lowest BCUT2D eigenvalue weighted by Crippen LogP contribution is -2.48. The molecule has 0 aliphatic carbocycles. The van der Waals surface area contributed by atoms with E-state index < -0.39 is 12.3 Å². The van der Waals surface area contributed by atoms with E-state index in [0.717, 1.165) is 0 Å². The number of methoxy groups -OCH3 is 3. The van der Waals surface area contributed by atoms with Crippen LogP contribution in [0.1, 0.15) is 6.92 Å². The Morgan fingerprint density at radius 2 is 1.27 bits per heavy atom. The average molecular weight is 318 g/mol. The first-order chi connectivity index (χ1) is 10.6. The summed E-state index contributed by atoms with van der Waals surface area (Å²) in [6.07, 6.45) is -1.19. The molecule has 0 aromatic rings. The second-order valence-electron chi connectivity index (χ2n) is 4.80. The normalized spacial score (nSPS) is 24.7. The zero-order valence-corrected chi connectivity index (χ0v) is 13.2.